The molecule has 8 heteroatoms. The van der Waals surface area contributed by atoms with E-state index in [1.54, 1.807) is 30.3 Å². The van der Waals surface area contributed by atoms with Gasteiger partial charge < -0.3 is 22.5 Å². The van der Waals surface area contributed by atoms with Gasteiger partial charge in [-0.25, -0.2) is 0 Å². The van der Waals surface area contributed by atoms with Gasteiger partial charge in [0.05, 0.1) is 12.1 Å². The van der Waals surface area contributed by atoms with E-state index in [9.17, 15) is 14.4 Å². The third kappa shape index (κ3) is 7.14. The normalized spacial score (nSPS) is 12.4. The van der Waals surface area contributed by atoms with Crippen molar-refractivity contribution >= 4 is 23.4 Å². The van der Waals surface area contributed by atoms with Crippen molar-refractivity contribution < 1.29 is 14.4 Å². The van der Waals surface area contributed by atoms with Crippen LogP contribution < -0.4 is 22.5 Å². The molecule has 0 bridgehead atoms. The molecule has 7 N–H and O–H groups in total. The maximum absolute atomic E-state index is 12.6. The lowest BCUT2D eigenvalue weighted by Crippen LogP contribution is -2.54. The highest BCUT2D eigenvalue weighted by Crippen LogP contribution is 2.08. The van der Waals surface area contributed by atoms with Gasteiger partial charge >= 0.3 is 0 Å². The molecule has 0 heterocycles. The Morgan fingerprint density at radius 2 is 1.53 bits per heavy atom. The van der Waals surface area contributed by atoms with Gasteiger partial charge in [0, 0.05) is 18.5 Å². The number of ketones is 2. The monoisotopic (exact) mass is 409 g/mol. The van der Waals surface area contributed by atoms with Crippen LogP contribution in [0.15, 0.2) is 65.7 Å². The van der Waals surface area contributed by atoms with Gasteiger partial charge in [-0.3, -0.25) is 19.4 Å². The highest BCUT2D eigenvalue weighted by molar-refractivity contribution is 6.45. The molecule has 2 atom stereocenters. The molecule has 2 aromatic carbocycles. The molecule has 0 saturated heterocycles. The van der Waals surface area contributed by atoms with Gasteiger partial charge in [-0.05, 0) is 18.4 Å². The number of hydrogen-bond acceptors (Lipinski definition) is 5. The summed E-state index contributed by atoms with van der Waals surface area (Å²) in [5.74, 6) is -1.86. The van der Waals surface area contributed by atoms with E-state index in [4.69, 9.17) is 17.2 Å². The zero-order valence-corrected chi connectivity index (χ0v) is 16.7. The molecule has 0 spiro atoms. The Morgan fingerprint density at radius 1 is 0.933 bits per heavy atom. The van der Waals surface area contributed by atoms with Crippen molar-refractivity contribution in [2.75, 3.05) is 6.54 Å². The number of nitrogens with one attached hydrogen (secondary N) is 1. The largest absolute Gasteiger partial charge is 0.370 e. The van der Waals surface area contributed by atoms with Crippen molar-refractivity contribution in [2.45, 2.75) is 31.3 Å². The van der Waals surface area contributed by atoms with E-state index in [0.717, 1.165) is 5.56 Å². The van der Waals surface area contributed by atoms with Crippen molar-refractivity contribution in [3.05, 3.63) is 71.8 Å². The standard InChI is InChI=1S/C22H27N5O3/c23-19(21(30)20(29)16-9-5-2-6-10-16)17(13-14-26-22(24)25)27-18(28)12-11-15-7-3-1-4-8-15/h1-10,17,19H,11-14,23H2,(H,27,28)(H4,24,25,26)/t17?,19-/m0/s1. The number of aliphatic imine (C=N–C) groups is 1. The first kappa shape index (κ1) is 22.8. The van der Waals surface area contributed by atoms with Crippen LogP contribution in [0, 0.1) is 0 Å². The lowest BCUT2D eigenvalue weighted by Gasteiger charge is -2.23. The molecular weight excluding hydrogens is 382 g/mol. The minimum Gasteiger partial charge on any atom is -0.370 e. The number of Topliss-reactive ketones (excluding diaryl/α,β-unsaturated/α-hetero) is 2. The lowest BCUT2D eigenvalue weighted by atomic mass is 9.95. The van der Waals surface area contributed by atoms with Crippen molar-refractivity contribution in [1.29, 1.82) is 0 Å². The van der Waals surface area contributed by atoms with Crippen LogP contribution in [0.2, 0.25) is 0 Å². The predicted octanol–water partition coefficient (Wildman–Crippen LogP) is 0.547. The van der Waals surface area contributed by atoms with Gasteiger partial charge in [0.1, 0.15) is 0 Å². The molecular formula is C22H27N5O3. The van der Waals surface area contributed by atoms with Crippen LogP contribution in [-0.2, 0) is 16.0 Å². The Morgan fingerprint density at radius 3 is 2.13 bits per heavy atom. The molecule has 2 rings (SSSR count). The smallest absolute Gasteiger partial charge is 0.230 e. The van der Waals surface area contributed by atoms with Crippen LogP contribution in [0.1, 0.15) is 28.8 Å². The van der Waals surface area contributed by atoms with E-state index < -0.39 is 23.7 Å². The lowest BCUT2D eigenvalue weighted by molar-refractivity contribution is -0.122. The second-order valence-corrected chi connectivity index (χ2v) is 6.84. The van der Waals surface area contributed by atoms with Crippen LogP contribution in [0.3, 0.4) is 0 Å². The Labute approximate surface area is 175 Å². The summed E-state index contributed by atoms with van der Waals surface area (Å²) in [6.45, 7) is 0.159. The van der Waals surface area contributed by atoms with Crippen LogP contribution in [0.4, 0.5) is 0 Å². The molecule has 0 fully saturated rings. The Kier molecular flexibility index (Phi) is 8.71. The van der Waals surface area contributed by atoms with E-state index in [1.807, 2.05) is 30.3 Å². The van der Waals surface area contributed by atoms with Gasteiger partial charge in [0.25, 0.3) is 0 Å². The summed E-state index contributed by atoms with van der Waals surface area (Å²) in [4.78, 5) is 41.4. The molecule has 8 nitrogen and oxygen atoms in total. The van der Waals surface area contributed by atoms with E-state index in [1.165, 1.54) is 0 Å². The predicted molar refractivity (Wildman–Crippen MR) is 116 cm³/mol. The Hall–Kier alpha value is -3.52. The number of guanidine groups is 1. The molecule has 1 unspecified atom stereocenters. The minimum atomic E-state index is -1.22. The van der Waals surface area contributed by atoms with Gasteiger partial charge in [-0.1, -0.05) is 60.7 Å². The molecule has 0 aliphatic carbocycles. The third-order valence-corrected chi connectivity index (χ3v) is 4.56. The number of carbonyl (C=O) groups is 3. The van der Waals surface area contributed by atoms with Gasteiger partial charge in [-0.2, -0.15) is 0 Å². The van der Waals surface area contributed by atoms with Crippen molar-refractivity contribution in [2.24, 2.45) is 22.2 Å². The molecule has 2 aromatic rings. The van der Waals surface area contributed by atoms with E-state index in [2.05, 4.69) is 10.3 Å². The summed E-state index contributed by atoms with van der Waals surface area (Å²) in [6, 6.07) is 15.7. The molecule has 0 saturated carbocycles. The van der Waals surface area contributed by atoms with E-state index in [0.29, 0.717) is 6.42 Å². The van der Waals surface area contributed by atoms with Gasteiger partial charge in [-0.15, -0.1) is 0 Å². The van der Waals surface area contributed by atoms with Crippen molar-refractivity contribution in [3.63, 3.8) is 0 Å². The third-order valence-electron chi connectivity index (χ3n) is 4.56. The second kappa shape index (κ2) is 11.5. The average Bonchev–Trinajstić information content (AvgIpc) is 2.76. The Balaban J connectivity index is 2.04. The van der Waals surface area contributed by atoms with Crippen LogP contribution >= 0.6 is 0 Å². The van der Waals surface area contributed by atoms with Gasteiger partial charge in [0.2, 0.25) is 17.5 Å². The first-order valence-corrected chi connectivity index (χ1v) is 9.66. The fourth-order valence-electron chi connectivity index (χ4n) is 2.92. The summed E-state index contributed by atoms with van der Waals surface area (Å²) in [7, 11) is 0. The minimum absolute atomic E-state index is 0.107. The quantitative estimate of drug-likeness (QED) is 0.184. The number of hydrogen-bond donors (Lipinski definition) is 4. The first-order valence-electron chi connectivity index (χ1n) is 9.66. The number of aryl methyl sites for hydroxylation is 1. The van der Waals surface area contributed by atoms with Crippen molar-refractivity contribution in [1.82, 2.24) is 5.32 Å². The average molecular weight is 409 g/mol. The summed E-state index contributed by atoms with van der Waals surface area (Å²) in [5, 5.41) is 2.76. The second-order valence-electron chi connectivity index (χ2n) is 6.84. The SMILES string of the molecule is NC(N)=NCCC(NC(=O)CCc1ccccc1)[C@H](N)C(=O)C(=O)c1ccccc1. The van der Waals surface area contributed by atoms with Gasteiger partial charge in [0.15, 0.2) is 5.96 Å². The molecule has 0 aromatic heterocycles. The molecule has 0 aliphatic heterocycles. The summed E-state index contributed by atoms with van der Waals surface area (Å²) >= 11 is 0. The fraction of sp³-hybridized carbons (Fsp3) is 0.273. The molecule has 30 heavy (non-hydrogen) atoms. The summed E-state index contributed by atoms with van der Waals surface area (Å²) < 4.78 is 0. The summed E-state index contributed by atoms with van der Waals surface area (Å²) in [6.07, 6.45) is 0.972. The first-order chi connectivity index (χ1) is 14.4. The number of benzene rings is 2. The van der Waals surface area contributed by atoms with E-state index >= 15 is 0 Å². The van der Waals surface area contributed by atoms with Crippen LogP contribution in [0.5, 0.6) is 0 Å². The van der Waals surface area contributed by atoms with Crippen molar-refractivity contribution in [3.8, 4) is 0 Å². The highest BCUT2D eigenvalue weighted by Gasteiger charge is 2.30. The van der Waals surface area contributed by atoms with E-state index in [-0.39, 0.29) is 36.8 Å². The number of amides is 1. The zero-order chi connectivity index (χ0) is 21.9. The Bertz CT molecular complexity index is 880. The molecule has 0 aliphatic rings. The molecule has 0 radical (unpaired) electrons. The maximum atomic E-state index is 12.6. The molecule has 1 amide bonds. The number of nitrogens with two attached hydrogens (primary N) is 3. The van der Waals surface area contributed by atoms with Crippen LogP contribution in [0.25, 0.3) is 0 Å². The highest BCUT2D eigenvalue weighted by atomic mass is 16.2. The fourth-order valence-corrected chi connectivity index (χ4v) is 2.92. The number of rotatable bonds is 11. The maximum Gasteiger partial charge on any atom is 0.230 e. The number of nitrogens with zero attached hydrogens (tertiary/aromatic N) is 1. The summed E-state index contributed by atoms with van der Waals surface area (Å²) in [5.41, 5.74) is 18.0. The molecule has 158 valence electrons. The topological polar surface area (TPSA) is 154 Å². The van der Waals surface area contributed by atoms with Crippen LogP contribution in [-0.4, -0.2) is 42.1 Å². The zero-order valence-electron chi connectivity index (χ0n) is 16.7. The number of carbonyl (C=O) groups excluding carboxylic acids is 3.